The molecule has 0 radical (unpaired) electrons. The lowest BCUT2D eigenvalue weighted by Gasteiger charge is -2.24. The Morgan fingerprint density at radius 1 is 1.25 bits per heavy atom. The molecule has 0 amide bonds. The van der Waals surface area contributed by atoms with Gasteiger partial charge in [-0.3, -0.25) is 0 Å². The molecule has 2 aromatic rings. The second-order valence-electron chi connectivity index (χ2n) is 4.35. The molecule has 0 aliphatic heterocycles. The fourth-order valence-corrected chi connectivity index (χ4v) is 2.06. The third-order valence-corrected chi connectivity index (χ3v) is 3.11. The summed E-state index contributed by atoms with van der Waals surface area (Å²) in [4.78, 5) is 10.9. The molecule has 5 heteroatoms. The minimum atomic E-state index is 0.756. The Bertz CT molecular complexity index is 569. The summed E-state index contributed by atoms with van der Waals surface area (Å²) in [5.41, 5.74) is 1.98. The lowest BCUT2D eigenvalue weighted by Crippen LogP contribution is -2.19. The van der Waals surface area contributed by atoms with Crippen molar-refractivity contribution in [1.82, 2.24) is 9.97 Å². The van der Waals surface area contributed by atoms with E-state index in [1.807, 2.05) is 44.4 Å². The molecule has 0 spiro atoms. The van der Waals surface area contributed by atoms with Crippen molar-refractivity contribution in [2.45, 2.75) is 13.8 Å². The van der Waals surface area contributed by atoms with E-state index in [0.29, 0.717) is 0 Å². The Balaban J connectivity index is 2.43. The lowest BCUT2D eigenvalue weighted by molar-refractivity contribution is 0.415. The molecule has 2 rings (SSSR count). The first-order valence-electron chi connectivity index (χ1n) is 6.62. The van der Waals surface area contributed by atoms with Crippen molar-refractivity contribution in [3.63, 3.8) is 0 Å². The molecular formula is C15H20N4O. The minimum absolute atomic E-state index is 0.756. The van der Waals surface area contributed by atoms with Gasteiger partial charge in [-0.15, -0.1) is 0 Å². The van der Waals surface area contributed by atoms with E-state index in [0.717, 1.165) is 35.3 Å². The van der Waals surface area contributed by atoms with E-state index in [-0.39, 0.29) is 0 Å². The number of nitrogens with one attached hydrogen (secondary N) is 1. The summed E-state index contributed by atoms with van der Waals surface area (Å²) in [6.45, 7) is 4.81. The Labute approximate surface area is 119 Å². The van der Waals surface area contributed by atoms with Crippen LogP contribution >= 0.6 is 0 Å². The molecule has 0 saturated heterocycles. The van der Waals surface area contributed by atoms with Gasteiger partial charge in [-0.1, -0.05) is 0 Å². The molecule has 0 atom stereocenters. The molecule has 1 N–H and O–H groups in total. The van der Waals surface area contributed by atoms with E-state index in [1.54, 1.807) is 7.11 Å². The Kier molecular flexibility index (Phi) is 4.40. The molecule has 0 bridgehead atoms. The predicted octanol–water partition coefficient (Wildman–Crippen LogP) is 2.99. The molecular weight excluding hydrogens is 252 g/mol. The monoisotopic (exact) mass is 272 g/mol. The van der Waals surface area contributed by atoms with E-state index in [1.165, 1.54) is 0 Å². The zero-order chi connectivity index (χ0) is 14.5. The van der Waals surface area contributed by atoms with Gasteiger partial charge in [0.05, 0.1) is 19.0 Å². The maximum Gasteiger partial charge on any atom is 0.160 e. The van der Waals surface area contributed by atoms with Gasteiger partial charge < -0.3 is 15.0 Å². The van der Waals surface area contributed by atoms with Crippen LogP contribution in [-0.4, -0.2) is 30.7 Å². The summed E-state index contributed by atoms with van der Waals surface area (Å²) < 4.78 is 5.20. The molecule has 0 fully saturated rings. The number of aryl methyl sites for hydroxylation is 1. The first-order valence-corrected chi connectivity index (χ1v) is 6.62. The first-order chi connectivity index (χ1) is 9.69. The zero-order valence-electron chi connectivity index (χ0n) is 12.3. The summed E-state index contributed by atoms with van der Waals surface area (Å²) in [5, 5.41) is 3.14. The Morgan fingerprint density at radius 2 is 1.95 bits per heavy atom. The largest absolute Gasteiger partial charge is 0.497 e. The predicted molar refractivity (Wildman–Crippen MR) is 82.0 cm³/mol. The minimum Gasteiger partial charge on any atom is -0.497 e. The van der Waals surface area contributed by atoms with Crippen LogP contribution in [0.5, 0.6) is 5.75 Å². The number of benzene rings is 1. The van der Waals surface area contributed by atoms with Crippen LogP contribution < -0.4 is 15.0 Å². The van der Waals surface area contributed by atoms with E-state index in [2.05, 4.69) is 27.1 Å². The van der Waals surface area contributed by atoms with Crippen molar-refractivity contribution in [2.24, 2.45) is 0 Å². The quantitative estimate of drug-likeness (QED) is 0.906. The average Bonchev–Trinajstić information content (AvgIpc) is 2.49. The van der Waals surface area contributed by atoms with E-state index in [9.17, 15) is 0 Å². The van der Waals surface area contributed by atoms with Crippen LogP contribution in [0.4, 0.5) is 17.2 Å². The van der Waals surface area contributed by atoms with Gasteiger partial charge in [0.2, 0.25) is 0 Å². The molecule has 0 unspecified atom stereocenters. The van der Waals surface area contributed by atoms with Crippen LogP contribution in [0.15, 0.2) is 30.5 Å². The second-order valence-corrected chi connectivity index (χ2v) is 4.35. The van der Waals surface area contributed by atoms with Gasteiger partial charge in [0.25, 0.3) is 0 Å². The van der Waals surface area contributed by atoms with Crippen LogP contribution in [0.3, 0.4) is 0 Å². The van der Waals surface area contributed by atoms with Crippen LogP contribution in [0, 0.1) is 6.92 Å². The number of aromatic nitrogens is 2. The third kappa shape index (κ3) is 2.82. The van der Waals surface area contributed by atoms with Gasteiger partial charge in [0.15, 0.2) is 5.82 Å². The molecule has 5 nitrogen and oxygen atoms in total. The highest BCUT2D eigenvalue weighted by Gasteiger charge is 2.14. The van der Waals surface area contributed by atoms with Gasteiger partial charge >= 0.3 is 0 Å². The SMILES string of the molecule is CCN(c1ccc(OC)cc1)c1nc(C)ncc1NC. The highest BCUT2D eigenvalue weighted by Crippen LogP contribution is 2.30. The second kappa shape index (κ2) is 6.23. The Hall–Kier alpha value is -2.30. The van der Waals surface area contributed by atoms with Crippen molar-refractivity contribution in [1.29, 1.82) is 0 Å². The van der Waals surface area contributed by atoms with E-state index in [4.69, 9.17) is 4.74 Å². The standard InChI is InChI=1S/C15H20N4O/c1-5-19(12-6-8-13(20-4)9-7-12)15-14(16-3)10-17-11(2)18-15/h6-10,16H,5H2,1-4H3. The van der Waals surface area contributed by atoms with Gasteiger partial charge in [-0.25, -0.2) is 9.97 Å². The lowest BCUT2D eigenvalue weighted by atomic mass is 10.2. The van der Waals surface area contributed by atoms with Gasteiger partial charge in [-0.2, -0.15) is 0 Å². The molecule has 106 valence electrons. The van der Waals surface area contributed by atoms with Crippen LogP contribution in [0.1, 0.15) is 12.7 Å². The summed E-state index contributed by atoms with van der Waals surface area (Å²) >= 11 is 0. The van der Waals surface area contributed by atoms with E-state index >= 15 is 0 Å². The van der Waals surface area contributed by atoms with Crippen molar-refractivity contribution in [3.8, 4) is 5.75 Å². The third-order valence-electron chi connectivity index (χ3n) is 3.11. The summed E-state index contributed by atoms with van der Waals surface area (Å²) in [6.07, 6.45) is 1.81. The van der Waals surface area contributed by atoms with Crippen molar-refractivity contribution >= 4 is 17.2 Å². The number of methoxy groups -OCH3 is 1. The van der Waals surface area contributed by atoms with Gasteiger partial charge in [-0.05, 0) is 38.1 Å². The molecule has 0 aliphatic carbocycles. The summed E-state index contributed by atoms with van der Waals surface area (Å²) in [7, 11) is 3.54. The number of rotatable bonds is 5. The number of hydrogen-bond acceptors (Lipinski definition) is 5. The van der Waals surface area contributed by atoms with Crippen molar-refractivity contribution < 1.29 is 4.74 Å². The fraction of sp³-hybridized carbons (Fsp3) is 0.333. The van der Waals surface area contributed by atoms with Crippen molar-refractivity contribution in [2.75, 3.05) is 30.9 Å². The highest BCUT2D eigenvalue weighted by molar-refractivity contribution is 5.72. The van der Waals surface area contributed by atoms with Crippen LogP contribution in [-0.2, 0) is 0 Å². The smallest absolute Gasteiger partial charge is 0.160 e. The molecule has 20 heavy (non-hydrogen) atoms. The van der Waals surface area contributed by atoms with Crippen molar-refractivity contribution in [3.05, 3.63) is 36.3 Å². The number of ether oxygens (including phenoxy) is 1. The molecule has 1 aromatic carbocycles. The van der Waals surface area contributed by atoms with Crippen LogP contribution in [0.25, 0.3) is 0 Å². The molecule has 1 aromatic heterocycles. The first kappa shape index (κ1) is 14.1. The summed E-state index contributed by atoms with van der Waals surface area (Å²) in [6, 6.07) is 7.95. The number of anilines is 3. The topological polar surface area (TPSA) is 50.3 Å². The van der Waals surface area contributed by atoms with Gasteiger partial charge in [0.1, 0.15) is 11.6 Å². The number of hydrogen-bond donors (Lipinski definition) is 1. The molecule has 0 saturated carbocycles. The highest BCUT2D eigenvalue weighted by atomic mass is 16.5. The molecule has 0 aliphatic rings. The zero-order valence-corrected chi connectivity index (χ0v) is 12.3. The maximum absolute atomic E-state index is 5.20. The average molecular weight is 272 g/mol. The molecule has 1 heterocycles. The maximum atomic E-state index is 5.20. The number of nitrogens with zero attached hydrogens (tertiary/aromatic N) is 3. The Morgan fingerprint density at radius 3 is 2.50 bits per heavy atom. The summed E-state index contributed by atoms with van der Waals surface area (Å²) in [5.74, 6) is 2.48. The van der Waals surface area contributed by atoms with E-state index < -0.39 is 0 Å². The fourth-order valence-electron chi connectivity index (χ4n) is 2.06. The normalized spacial score (nSPS) is 10.2. The van der Waals surface area contributed by atoms with Gasteiger partial charge in [0, 0.05) is 19.3 Å². The van der Waals surface area contributed by atoms with Crippen LogP contribution in [0.2, 0.25) is 0 Å².